The van der Waals surface area contributed by atoms with Crippen molar-refractivity contribution in [3.63, 3.8) is 0 Å². The summed E-state index contributed by atoms with van der Waals surface area (Å²) in [5, 5.41) is 0.0456. The van der Waals surface area contributed by atoms with Crippen molar-refractivity contribution in [2.75, 3.05) is 0 Å². The minimum Gasteiger partial charge on any atom is -0.324 e. The second kappa shape index (κ2) is 5.46. The lowest BCUT2D eigenvalue weighted by Crippen LogP contribution is -2.15. The molecule has 0 aliphatic rings. The van der Waals surface area contributed by atoms with Gasteiger partial charge >= 0.3 is 0 Å². The van der Waals surface area contributed by atoms with Crippen molar-refractivity contribution in [3.05, 3.63) is 70.2 Å². The zero-order chi connectivity index (χ0) is 13.1. The molecule has 2 aromatic rings. The van der Waals surface area contributed by atoms with Gasteiger partial charge in [0.25, 0.3) is 0 Å². The molecule has 0 amide bonds. The Kier molecular flexibility index (Phi) is 3.94. The first kappa shape index (κ1) is 13.0. The fraction of sp³-hybridized carbons (Fsp3) is 0.143. The predicted octanol–water partition coefficient (Wildman–Crippen LogP) is 3.86. The molecule has 0 aliphatic carbocycles. The standard InChI is InChI=1S/C14H12ClF2N/c15-14-9(4-3-7-12(14)17)8-13(18)10-5-1-2-6-11(10)16/h1-7,13H,8,18H2. The molecule has 0 saturated heterocycles. The molecule has 0 radical (unpaired) electrons. The van der Waals surface area contributed by atoms with Crippen molar-refractivity contribution in [3.8, 4) is 0 Å². The number of nitrogens with two attached hydrogens (primary N) is 1. The molecule has 0 aliphatic heterocycles. The molecule has 1 nitrogen and oxygen atoms in total. The maximum atomic E-state index is 13.5. The fourth-order valence-electron chi connectivity index (χ4n) is 1.83. The molecule has 2 aromatic carbocycles. The first-order valence-electron chi connectivity index (χ1n) is 5.52. The van der Waals surface area contributed by atoms with Gasteiger partial charge in [0, 0.05) is 11.6 Å². The van der Waals surface area contributed by atoms with E-state index in [1.54, 1.807) is 30.3 Å². The molecule has 2 N–H and O–H groups in total. The summed E-state index contributed by atoms with van der Waals surface area (Å²) in [7, 11) is 0. The van der Waals surface area contributed by atoms with E-state index in [4.69, 9.17) is 17.3 Å². The zero-order valence-corrected chi connectivity index (χ0v) is 10.3. The van der Waals surface area contributed by atoms with Gasteiger partial charge in [0.2, 0.25) is 0 Å². The van der Waals surface area contributed by atoms with Crippen LogP contribution in [0.5, 0.6) is 0 Å². The highest BCUT2D eigenvalue weighted by Gasteiger charge is 2.14. The molecule has 0 spiro atoms. The van der Waals surface area contributed by atoms with Gasteiger partial charge in [-0.25, -0.2) is 8.78 Å². The molecule has 1 atom stereocenters. The van der Waals surface area contributed by atoms with E-state index >= 15 is 0 Å². The van der Waals surface area contributed by atoms with Crippen LogP contribution in [0.1, 0.15) is 17.2 Å². The van der Waals surface area contributed by atoms with Crippen LogP contribution >= 0.6 is 11.6 Å². The van der Waals surface area contributed by atoms with Gasteiger partial charge in [0.15, 0.2) is 0 Å². The molecular weight excluding hydrogens is 256 g/mol. The predicted molar refractivity (Wildman–Crippen MR) is 68.4 cm³/mol. The third kappa shape index (κ3) is 2.68. The molecule has 4 heteroatoms. The van der Waals surface area contributed by atoms with Gasteiger partial charge in [0.1, 0.15) is 11.6 Å². The van der Waals surface area contributed by atoms with Crippen LogP contribution in [0, 0.1) is 11.6 Å². The molecule has 0 fully saturated rings. The summed E-state index contributed by atoms with van der Waals surface area (Å²) in [6.07, 6.45) is 0.289. The van der Waals surface area contributed by atoms with E-state index in [0.717, 1.165) is 0 Å². The Hall–Kier alpha value is -1.45. The first-order valence-corrected chi connectivity index (χ1v) is 5.90. The van der Waals surface area contributed by atoms with Crippen LogP contribution in [0.4, 0.5) is 8.78 Å². The number of hydrogen-bond donors (Lipinski definition) is 1. The molecule has 0 aromatic heterocycles. The number of halogens is 3. The van der Waals surface area contributed by atoms with E-state index in [1.165, 1.54) is 12.1 Å². The molecule has 18 heavy (non-hydrogen) atoms. The van der Waals surface area contributed by atoms with E-state index in [1.807, 2.05) is 0 Å². The monoisotopic (exact) mass is 267 g/mol. The molecule has 2 rings (SSSR count). The highest BCUT2D eigenvalue weighted by atomic mass is 35.5. The topological polar surface area (TPSA) is 26.0 Å². The SMILES string of the molecule is NC(Cc1cccc(F)c1Cl)c1ccccc1F. The lowest BCUT2D eigenvalue weighted by atomic mass is 9.99. The van der Waals surface area contributed by atoms with E-state index in [9.17, 15) is 8.78 Å². The average molecular weight is 268 g/mol. The van der Waals surface area contributed by atoms with Crippen molar-refractivity contribution < 1.29 is 8.78 Å². The third-order valence-corrected chi connectivity index (χ3v) is 3.20. The number of hydrogen-bond acceptors (Lipinski definition) is 1. The molecule has 94 valence electrons. The van der Waals surface area contributed by atoms with Gasteiger partial charge in [-0.05, 0) is 24.1 Å². The number of benzene rings is 2. The lowest BCUT2D eigenvalue weighted by molar-refractivity contribution is 0.578. The Morgan fingerprint density at radius 3 is 2.39 bits per heavy atom. The minimum absolute atomic E-state index is 0.0456. The Morgan fingerprint density at radius 2 is 1.67 bits per heavy atom. The van der Waals surface area contributed by atoms with Gasteiger partial charge in [-0.15, -0.1) is 0 Å². The summed E-state index contributed by atoms with van der Waals surface area (Å²) in [5.74, 6) is -0.854. The molecular formula is C14H12ClF2N. The van der Waals surface area contributed by atoms with Crippen molar-refractivity contribution >= 4 is 11.6 Å². The smallest absolute Gasteiger partial charge is 0.142 e. The summed E-state index contributed by atoms with van der Waals surface area (Å²) in [6.45, 7) is 0. The quantitative estimate of drug-likeness (QED) is 0.898. The van der Waals surface area contributed by atoms with Crippen LogP contribution in [0.3, 0.4) is 0 Å². The Balaban J connectivity index is 2.24. The molecule has 1 unspecified atom stereocenters. The van der Waals surface area contributed by atoms with Gasteiger partial charge in [-0.1, -0.05) is 41.9 Å². The van der Waals surface area contributed by atoms with Crippen LogP contribution in [0.15, 0.2) is 42.5 Å². The van der Waals surface area contributed by atoms with Crippen molar-refractivity contribution in [1.29, 1.82) is 0 Å². The van der Waals surface area contributed by atoms with Gasteiger partial charge in [-0.2, -0.15) is 0 Å². The lowest BCUT2D eigenvalue weighted by Gasteiger charge is -2.14. The summed E-state index contributed by atoms with van der Waals surface area (Å²) in [5.41, 5.74) is 6.90. The summed E-state index contributed by atoms with van der Waals surface area (Å²) in [6, 6.07) is 10.3. The molecule has 0 bridgehead atoms. The Bertz CT molecular complexity index is 557. The van der Waals surface area contributed by atoms with Gasteiger partial charge in [0.05, 0.1) is 5.02 Å². The van der Waals surface area contributed by atoms with Crippen LogP contribution in [0.2, 0.25) is 5.02 Å². The second-order valence-corrected chi connectivity index (χ2v) is 4.42. The Labute approximate surface area is 109 Å². The van der Waals surface area contributed by atoms with Gasteiger partial charge in [-0.3, -0.25) is 0 Å². The molecule has 0 heterocycles. The summed E-state index contributed by atoms with van der Waals surface area (Å²) >= 11 is 5.84. The summed E-state index contributed by atoms with van der Waals surface area (Å²) < 4.78 is 26.8. The van der Waals surface area contributed by atoms with Crippen LogP contribution in [0.25, 0.3) is 0 Å². The second-order valence-electron chi connectivity index (χ2n) is 4.05. The van der Waals surface area contributed by atoms with Crippen molar-refractivity contribution in [1.82, 2.24) is 0 Å². The van der Waals surface area contributed by atoms with Crippen LogP contribution in [-0.4, -0.2) is 0 Å². The largest absolute Gasteiger partial charge is 0.324 e. The maximum absolute atomic E-state index is 13.5. The van der Waals surface area contributed by atoms with Crippen LogP contribution in [-0.2, 0) is 6.42 Å². The van der Waals surface area contributed by atoms with Crippen molar-refractivity contribution in [2.45, 2.75) is 12.5 Å². The maximum Gasteiger partial charge on any atom is 0.142 e. The van der Waals surface area contributed by atoms with E-state index in [0.29, 0.717) is 11.1 Å². The van der Waals surface area contributed by atoms with E-state index < -0.39 is 11.9 Å². The zero-order valence-electron chi connectivity index (χ0n) is 9.54. The van der Waals surface area contributed by atoms with Gasteiger partial charge < -0.3 is 5.73 Å². The summed E-state index contributed by atoms with van der Waals surface area (Å²) in [4.78, 5) is 0. The minimum atomic E-state index is -0.550. The average Bonchev–Trinajstić information content (AvgIpc) is 2.35. The van der Waals surface area contributed by atoms with E-state index in [2.05, 4.69) is 0 Å². The normalized spacial score (nSPS) is 12.4. The fourth-order valence-corrected chi connectivity index (χ4v) is 2.03. The highest BCUT2D eigenvalue weighted by Crippen LogP contribution is 2.25. The highest BCUT2D eigenvalue weighted by molar-refractivity contribution is 6.31. The number of rotatable bonds is 3. The van der Waals surface area contributed by atoms with E-state index in [-0.39, 0.29) is 17.3 Å². The first-order chi connectivity index (χ1) is 8.59. The molecule has 0 saturated carbocycles. The van der Waals surface area contributed by atoms with Crippen LogP contribution < -0.4 is 5.73 Å². The third-order valence-electron chi connectivity index (χ3n) is 2.78. The Morgan fingerprint density at radius 1 is 1.00 bits per heavy atom. The van der Waals surface area contributed by atoms with Crippen molar-refractivity contribution in [2.24, 2.45) is 5.73 Å².